The SMILES string of the molecule is O=C1c2ccccc2C(=O)N1Cc1ccc([C@@H]2Nc3ccccc3-c3cccn32)o1. The van der Waals surface area contributed by atoms with E-state index in [0.29, 0.717) is 22.6 Å². The Kier molecular flexibility index (Phi) is 3.49. The molecular formula is C24H17N3O3. The first kappa shape index (κ1) is 16.9. The van der Waals surface area contributed by atoms with Crippen molar-refractivity contribution in [2.75, 3.05) is 5.32 Å². The molecule has 2 amide bonds. The van der Waals surface area contributed by atoms with Gasteiger partial charge in [0.15, 0.2) is 6.17 Å². The fourth-order valence-electron chi connectivity index (χ4n) is 4.27. The van der Waals surface area contributed by atoms with Crippen molar-refractivity contribution in [1.82, 2.24) is 9.47 Å². The molecule has 0 saturated heterocycles. The lowest BCUT2D eigenvalue weighted by Crippen LogP contribution is -2.29. The molecule has 0 radical (unpaired) electrons. The predicted octanol–water partition coefficient (Wildman–Crippen LogP) is 4.52. The lowest BCUT2D eigenvalue weighted by Gasteiger charge is -2.29. The largest absolute Gasteiger partial charge is 0.460 e. The minimum atomic E-state index is -0.286. The number of nitrogens with one attached hydrogen (secondary N) is 1. The van der Waals surface area contributed by atoms with Gasteiger partial charge in [-0.25, -0.2) is 0 Å². The molecule has 2 aliphatic heterocycles. The summed E-state index contributed by atoms with van der Waals surface area (Å²) in [5.41, 5.74) is 4.16. The monoisotopic (exact) mass is 395 g/mol. The summed E-state index contributed by atoms with van der Waals surface area (Å²) in [5, 5.41) is 3.52. The van der Waals surface area contributed by atoms with E-state index in [4.69, 9.17) is 4.42 Å². The number of benzene rings is 2. The van der Waals surface area contributed by atoms with Crippen LogP contribution in [0, 0.1) is 0 Å². The summed E-state index contributed by atoms with van der Waals surface area (Å²) in [6.07, 6.45) is 1.80. The average Bonchev–Trinajstić information content (AvgIpc) is 3.50. The van der Waals surface area contributed by atoms with Gasteiger partial charge in [-0.2, -0.15) is 0 Å². The number of rotatable bonds is 3. The summed E-state index contributed by atoms with van der Waals surface area (Å²) in [6.45, 7) is 0.105. The first-order valence-corrected chi connectivity index (χ1v) is 9.77. The molecule has 0 fully saturated rings. The van der Waals surface area contributed by atoms with Crippen molar-refractivity contribution in [3.63, 3.8) is 0 Å². The summed E-state index contributed by atoms with van der Waals surface area (Å²) < 4.78 is 8.21. The molecule has 0 unspecified atom stereocenters. The molecule has 6 heteroatoms. The van der Waals surface area contributed by atoms with Crippen molar-refractivity contribution in [1.29, 1.82) is 0 Å². The molecule has 0 bridgehead atoms. The maximum atomic E-state index is 12.6. The van der Waals surface area contributed by atoms with E-state index in [2.05, 4.69) is 22.0 Å². The fourth-order valence-corrected chi connectivity index (χ4v) is 4.27. The quantitative estimate of drug-likeness (QED) is 0.518. The first-order chi connectivity index (χ1) is 14.7. The van der Waals surface area contributed by atoms with E-state index in [1.54, 1.807) is 24.3 Å². The minimum absolute atomic E-state index is 0.105. The molecule has 0 aliphatic carbocycles. The number of hydrogen-bond acceptors (Lipinski definition) is 4. The molecule has 0 spiro atoms. The fraction of sp³-hybridized carbons (Fsp3) is 0.0833. The molecule has 2 aromatic heterocycles. The van der Waals surface area contributed by atoms with Gasteiger partial charge in [0.05, 0.1) is 23.4 Å². The molecule has 0 saturated carbocycles. The van der Waals surface area contributed by atoms with Crippen LogP contribution in [0.3, 0.4) is 0 Å². The van der Waals surface area contributed by atoms with Crippen molar-refractivity contribution in [2.24, 2.45) is 0 Å². The third-order valence-electron chi connectivity index (χ3n) is 5.70. The maximum Gasteiger partial charge on any atom is 0.261 e. The van der Waals surface area contributed by atoms with E-state index in [-0.39, 0.29) is 24.5 Å². The Morgan fingerprint density at radius 1 is 0.800 bits per heavy atom. The molecule has 4 heterocycles. The van der Waals surface area contributed by atoms with Crippen LogP contribution in [0.1, 0.15) is 38.4 Å². The molecule has 6 rings (SSSR count). The second-order valence-corrected chi connectivity index (χ2v) is 7.44. The van der Waals surface area contributed by atoms with Gasteiger partial charge >= 0.3 is 0 Å². The van der Waals surface area contributed by atoms with Crippen LogP contribution in [0.4, 0.5) is 5.69 Å². The van der Waals surface area contributed by atoms with Crippen LogP contribution in [0.5, 0.6) is 0 Å². The van der Waals surface area contributed by atoms with Crippen LogP contribution < -0.4 is 5.32 Å². The summed E-state index contributed by atoms with van der Waals surface area (Å²) >= 11 is 0. The molecule has 1 N–H and O–H groups in total. The Balaban J connectivity index is 1.30. The number of hydrogen-bond donors (Lipinski definition) is 1. The number of para-hydroxylation sites is 1. The van der Waals surface area contributed by atoms with Crippen LogP contribution in [0.25, 0.3) is 11.3 Å². The lowest BCUT2D eigenvalue weighted by atomic mass is 10.1. The highest BCUT2D eigenvalue weighted by Gasteiger charge is 2.36. The number of aromatic nitrogens is 1. The number of imide groups is 1. The molecule has 146 valence electrons. The molecule has 2 aromatic carbocycles. The van der Waals surface area contributed by atoms with Gasteiger partial charge in [-0.15, -0.1) is 0 Å². The lowest BCUT2D eigenvalue weighted by molar-refractivity contribution is 0.0630. The van der Waals surface area contributed by atoms with Gasteiger partial charge in [-0.3, -0.25) is 14.5 Å². The maximum absolute atomic E-state index is 12.6. The summed E-state index contributed by atoms with van der Waals surface area (Å²) in [6, 6.07) is 22.8. The Labute approximate surface area is 172 Å². The first-order valence-electron chi connectivity index (χ1n) is 9.77. The highest BCUT2D eigenvalue weighted by atomic mass is 16.3. The standard InChI is InChI=1S/C24H17N3O3/c28-23-16-6-1-2-7-17(16)24(29)27(23)14-15-11-12-21(30-15)22-25-19-9-4-3-8-18(19)20-10-5-13-26(20)22/h1-13,22,25H,14H2/t22-/m1/s1. The molecular weight excluding hydrogens is 378 g/mol. The average molecular weight is 395 g/mol. The van der Waals surface area contributed by atoms with Crippen molar-refractivity contribution in [2.45, 2.75) is 12.7 Å². The number of amides is 2. The zero-order valence-corrected chi connectivity index (χ0v) is 15.9. The Hall–Kier alpha value is -4.06. The van der Waals surface area contributed by atoms with E-state index in [1.165, 1.54) is 4.90 Å². The molecule has 2 aliphatic rings. The van der Waals surface area contributed by atoms with Crippen LogP contribution in [0.2, 0.25) is 0 Å². The summed E-state index contributed by atoms with van der Waals surface area (Å²) in [4.78, 5) is 26.5. The Morgan fingerprint density at radius 3 is 2.27 bits per heavy atom. The minimum Gasteiger partial charge on any atom is -0.460 e. The highest BCUT2D eigenvalue weighted by Crippen LogP contribution is 2.39. The third kappa shape index (κ3) is 2.37. The second kappa shape index (κ2) is 6.22. The molecule has 4 aromatic rings. The van der Waals surface area contributed by atoms with Crippen LogP contribution in [0.15, 0.2) is 83.4 Å². The van der Waals surface area contributed by atoms with E-state index in [0.717, 1.165) is 16.9 Å². The number of furan rings is 1. The number of nitrogens with zero attached hydrogens (tertiary/aromatic N) is 2. The second-order valence-electron chi connectivity index (χ2n) is 7.44. The normalized spacial score (nSPS) is 16.8. The van der Waals surface area contributed by atoms with Crippen molar-refractivity contribution in [3.8, 4) is 11.3 Å². The third-order valence-corrected chi connectivity index (χ3v) is 5.70. The van der Waals surface area contributed by atoms with E-state index in [9.17, 15) is 9.59 Å². The molecule has 30 heavy (non-hydrogen) atoms. The summed E-state index contributed by atoms with van der Waals surface area (Å²) in [7, 11) is 0. The van der Waals surface area contributed by atoms with Gasteiger partial charge in [0.25, 0.3) is 11.8 Å². The zero-order chi connectivity index (χ0) is 20.2. The smallest absolute Gasteiger partial charge is 0.261 e. The molecule has 6 nitrogen and oxygen atoms in total. The molecule has 1 atom stereocenters. The van der Waals surface area contributed by atoms with Crippen molar-refractivity contribution in [3.05, 3.63) is 102 Å². The zero-order valence-electron chi connectivity index (χ0n) is 15.9. The van der Waals surface area contributed by atoms with Crippen LogP contribution in [-0.2, 0) is 6.54 Å². The van der Waals surface area contributed by atoms with Crippen LogP contribution >= 0.6 is 0 Å². The van der Waals surface area contributed by atoms with Gasteiger partial charge < -0.3 is 14.3 Å². The topological polar surface area (TPSA) is 67.5 Å². The van der Waals surface area contributed by atoms with E-state index < -0.39 is 0 Å². The Bertz CT molecular complexity index is 1280. The van der Waals surface area contributed by atoms with Gasteiger partial charge in [0.2, 0.25) is 0 Å². The Morgan fingerprint density at radius 2 is 1.50 bits per heavy atom. The van der Waals surface area contributed by atoms with E-state index >= 15 is 0 Å². The predicted molar refractivity (Wildman–Crippen MR) is 111 cm³/mol. The number of fused-ring (bicyclic) bond motifs is 4. The highest BCUT2D eigenvalue weighted by molar-refractivity contribution is 6.21. The van der Waals surface area contributed by atoms with Crippen LogP contribution in [-0.4, -0.2) is 21.3 Å². The number of anilines is 1. The van der Waals surface area contributed by atoms with Crippen molar-refractivity contribution >= 4 is 17.5 Å². The summed E-state index contributed by atoms with van der Waals surface area (Å²) in [5.74, 6) is 0.708. The van der Waals surface area contributed by atoms with Gasteiger partial charge in [-0.05, 0) is 42.5 Å². The number of carbonyl (C=O) groups excluding carboxylic acids is 2. The van der Waals surface area contributed by atoms with E-state index in [1.807, 2.05) is 42.6 Å². The number of carbonyl (C=O) groups is 2. The van der Waals surface area contributed by atoms with Gasteiger partial charge in [-0.1, -0.05) is 30.3 Å². The van der Waals surface area contributed by atoms with Gasteiger partial charge in [0, 0.05) is 17.4 Å². The van der Waals surface area contributed by atoms with Crippen molar-refractivity contribution < 1.29 is 14.0 Å². The van der Waals surface area contributed by atoms with Gasteiger partial charge in [0.1, 0.15) is 11.5 Å².